The van der Waals surface area contributed by atoms with Crippen LogP contribution in [0.1, 0.15) is 45.4 Å². The number of aliphatic hydroxyl groups is 1. The van der Waals surface area contributed by atoms with E-state index in [9.17, 15) is 27.9 Å². The predicted octanol–water partition coefficient (Wildman–Crippen LogP) is 2.91. The molecular formula is C23H29F3N4O4. The number of amides is 1. The van der Waals surface area contributed by atoms with Gasteiger partial charge >= 0.3 is 12.2 Å². The number of likely N-dealkylation sites (tertiary alicyclic amines) is 1. The van der Waals surface area contributed by atoms with Gasteiger partial charge in [-0.2, -0.15) is 18.2 Å². The molecule has 1 N–H and O–H groups in total. The number of piperidine rings is 1. The van der Waals surface area contributed by atoms with Crippen LogP contribution in [0.2, 0.25) is 0 Å². The molecule has 1 spiro atoms. The third-order valence-electron chi connectivity index (χ3n) is 7.42. The average Bonchev–Trinajstić information content (AvgIpc) is 3.26. The van der Waals surface area contributed by atoms with Gasteiger partial charge in [-0.3, -0.25) is 9.59 Å². The Morgan fingerprint density at radius 3 is 2.65 bits per heavy atom. The van der Waals surface area contributed by atoms with Gasteiger partial charge in [-0.25, -0.2) is 4.98 Å². The third-order valence-corrected chi connectivity index (χ3v) is 7.42. The summed E-state index contributed by atoms with van der Waals surface area (Å²) in [5.74, 6) is -1.72. The molecule has 1 aliphatic heterocycles. The minimum absolute atomic E-state index is 0.0218. The summed E-state index contributed by atoms with van der Waals surface area (Å²) in [6.45, 7) is 1.65. The molecule has 0 aromatic carbocycles. The molecule has 186 valence electrons. The van der Waals surface area contributed by atoms with E-state index in [4.69, 9.17) is 4.74 Å². The quantitative estimate of drug-likeness (QED) is 0.704. The van der Waals surface area contributed by atoms with Crippen molar-refractivity contribution in [2.75, 3.05) is 20.2 Å². The molecular weight excluding hydrogens is 453 g/mol. The Bertz CT molecular complexity index is 1130. The maximum absolute atomic E-state index is 13.1. The van der Waals surface area contributed by atoms with Crippen molar-refractivity contribution in [3.05, 3.63) is 28.8 Å². The fourth-order valence-electron chi connectivity index (χ4n) is 5.59. The molecule has 1 amide bonds. The fourth-order valence-corrected chi connectivity index (χ4v) is 5.59. The smallest absolute Gasteiger partial charge is 0.389 e. The maximum Gasteiger partial charge on any atom is 0.389 e. The van der Waals surface area contributed by atoms with E-state index in [1.165, 1.54) is 29.7 Å². The highest BCUT2D eigenvalue weighted by Crippen LogP contribution is 2.51. The van der Waals surface area contributed by atoms with Crippen LogP contribution >= 0.6 is 0 Å². The van der Waals surface area contributed by atoms with Crippen LogP contribution < -0.4 is 10.3 Å². The van der Waals surface area contributed by atoms with Gasteiger partial charge < -0.3 is 19.3 Å². The topological polar surface area (TPSA) is 97.5 Å². The summed E-state index contributed by atoms with van der Waals surface area (Å²) in [6.07, 6.45) is 0.541. The Balaban J connectivity index is 1.60. The zero-order valence-electron chi connectivity index (χ0n) is 19.3. The molecule has 1 saturated carbocycles. The van der Waals surface area contributed by atoms with Crippen molar-refractivity contribution >= 4 is 16.8 Å². The number of halogens is 3. The van der Waals surface area contributed by atoms with Gasteiger partial charge in [0.25, 0.3) is 5.56 Å². The number of aromatic nitrogens is 3. The zero-order chi connectivity index (χ0) is 24.7. The molecule has 1 saturated heterocycles. The van der Waals surface area contributed by atoms with Gasteiger partial charge in [-0.1, -0.05) is 19.8 Å². The number of hydrogen-bond donors (Lipinski definition) is 1. The van der Waals surface area contributed by atoms with E-state index in [1.807, 2.05) is 0 Å². The molecule has 2 fully saturated rings. The van der Waals surface area contributed by atoms with Crippen LogP contribution in [0, 0.1) is 11.3 Å². The molecule has 0 bridgehead atoms. The molecule has 2 atom stereocenters. The number of methoxy groups -OCH3 is 1. The number of hydrogen-bond acceptors (Lipinski definition) is 6. The first-order chi connectivity index (χ1) is 16.0. The van der Waals surface area contributed by atoms with Gasteiger partial charge in [0.05, 0.1) is 36.6 Å². The highest BCUT2D eigenvalue weighted by Gasteiger charge is 2.56. The highest BCUT2D eigenvalue weighted by molar-refractivity contribution is 5.79. The van der Waals surface area contributed by atoms with Crippen molar-refractivity contribution in [3.8, 4) is 6.01 Å². The zero-order valence-corrected chi connectivity index (χ0v) is 19.3. The summed E-state index contributed by atoms with van der Waals surface area (Å²) in [4.78, 5) is 35.5. The number of carbonyl (C=O) groups excluding carboxylic acids is 1. The lowest BCUT2D eigenvalue weighted by Gasteiger charge is -2.52. The van der Waals surface area contributed by atoms with Crippen LogP contribution in [0.3, 0.4) is 0 Å². The second-order valence-electron chi connectivity index (χ2n) is 9.65. The van der Waals surface area contributed by atoms with Gasteiger partial charge in [0.1, 0.15) is 0 Å². The lowest BCUT2D eigenvalue weighted by atomic mass is 9.65. The second kappa shape index (κ2) is 8.83. The number of ether oxygens (including phenoxy) is 1. The van der Waals surface area contributed by atoms with Gasteiger partial charge in [0, 0.05) is 36.8 Å². The fraction of sp³-hybridized carbons (Fsp3) is 0.652. The van der Waals surface area contributed by atoms with E-state index in [0.717, 1.165) is 12.8 Å². The molecule has 2 aromatic heterocycles. The summed E-state index contributed by atoms with van der Waals surface area (Å²) in [7, 11) is 1.43. The maximum atomic E-state index is 13.1. The van der Waals surface area contributed by atoms with Crippen molar-refractivity contribution in [2.24, 2.45) is 11.3 Å². The molecule has 3 heterocycles. The number of alkyl halides is 3. The van der Waals surface area contributed by atoms with Crippen LogP contribution in [0.15, 0.2) is 23.3 Å². The van der Waals surface area contributed by atoms with Crippen molar-refractivity contribution in [2.45, 2.75) is 63.8 Å². The number of nitrogens with zero attached hydrogens (tertiary/aromatic N) is 4. The van der Waals surface area contributed by atoms with Crippen molar-refractivity contribution in [1.29, 1.82) is 0 Å². The minimum atomic E-state index is -4.42. The van der Waals surface area contributed by atoms with E-state index in [2.05, 4.69) is 9.97 Å². The first-order valence-electron chi connectivity index (χ1n) is 11.5. The second-order valence-corrected chi connectivity index (χ2v) is 9.65. The molecule has 0 radical (unpaired) electrons. The SMILES string of the molecule is COc1ncc2c(=O)n(CC3(O)CCN(C(=O)C(C)CC(F)(F)F)CC34CCCC4)ccc2n1. The lowest BCUT2D eigenvalue weighted by molar-refractivity contribution is -0.172. The standard InChI is InChI=1S/C23H29F3N4O4/c1-15(11-23(24,25)26)18(31)30-10-8-22(33,21(13-30)6-3-4-7-21)14-29-9-5-17-16(19(29)32)12-27-20(28-17)34-2/h5,9,12,15,33H,3-4,6-8,10-11,13-14H2,1-2H3. The number of carbonyl (C=O) groups is 1. The normalized spacial score (nSPS) is 23.4. The van der Waals surface area contributed by atoms with E-state index in [0.29, 0.717) is 23.7 Å². The van der Waals surface area contributed by atoms with Gasteiger partial charge in [0.2, 0.25) is 5.91 Å². The van der Waals surface area contributed by atoms with Crippen molar-refractivity contribution in [1.82, 2.24) is 19.4 Å². The van der Waals surface area contributed by atoms with Gasteiger partial charge in [-0.05, 0) is 25.3 Å². The minimum Gasteiger partial charge on any atom is -0.467 e. The van der Waals surface area contributed by atoms with Crippen LogP contribution in [0.5, 0.6) is 6.01 Å². The molecule has 34 heavy (non-hydrogen) atoms. The summed E-state index contributed by atoms with van der Waals surface area (Å²) >= 11 is 0. The molecule has 2 unspecified atom stereocenters. The van der Waals surface area contributed by atoms with Crippen LogP contribution in [0.25, 0.3) is 10.9 Å². The van der Waals surface area contributed by atoms with E-state index >= 15 is 0 Å². The number of rotatable bonds is 5. The number of pyridine rings is 1. The van der Waals surface area contributed by atoms with Crippen LogP contribution in [-0.2, 0) is 11.3 Å². The molecule has 4 rings (SSSR count). The van der Waals surface area contributed by atoms with Gasteiger partial charge in [0.15, 0.2) is 0 Å². The molecule has 2 aromatic rings. The summed E-state index contributed by atoms with van der Waals surface area (Å²) < 4.78 is 44.9. The summed E-state index contributed by atoms with van der Waals surface area (Å²) in [5.41, 5.74) is -1.88. The first kappa shape index (κ1) is 24.4. The Morgan fingerprint density at radius 2 is 2.00 bits per heavy atom. The van der Waals surface area contributed by atoms with E-state index in [-0.39, 0.29) is 37.6 Å². The third kappa shape index (κ3) is 4.49. The molecule has 8 nitrogen and oxygen atoms in total. The first-order valence-corrected chi connectivity index (χ1v) is 11.5. The highest BCUT2D eigenvalue weighted by atomic mass is 19.4. The lowest BCUT2D eigenvalue weighted by Crippen LogP contribution is -2.62. The van der Waals surface area contributed by atoms with Crippen LogP contribution in [-0.4, -0.2) is 62.4 Å². The predicted molar refractivity (Wildman–Crippen MR) is 117 cm³/mol. The molecule has 11 heteroatoms. The Kier molecular flexibility index (Phi) is 6.34. The number of fused-ring (bicyclic) bond motifs is 1. The monoisotopic (exact) mass is 482 g/mol. The van der Waals surface area contributed by atoms with Gasteiger partial charge in [-0.15, -0.1) is 0 Å². The largest absolute Gasteiger partial charge is 0.467 e. The Hall–Kier alpha value is -2.69. The Labute approximate surface area is 194 Å². The average molecular weight is 483 g/mol. The van der Waals surface area contributed by atoms with E-state index in [1.54, 1.807) is 12.3 Å². The Morgan fingerprint density at radius 1 is 1.29 bits per heavy atom. The summed E-state index contributed by atoms with van der Waals surface area (Å²) in [6, 6.07) is 1.80. The van der Waals surface area contributed by atoms with Crippen molar-refractivity contribution in [3.63, 3.8) is 0 Å². The van der Waals surface area contributed by atoms with E-state index < -0.39 is 35.4 Å². The summed E-state index contributed by atoms with van der Waals surface area (Å²) in [5, 5.41) is 12.1. The van der Waals surface area contributed by atoms with Crippen LogP contribution in [0.4, 0.5) is 13.2 Å². The van der Waals surface area contributed by atoms with Crippen molar-refractivity contribution < 1.29 is 27.8 Å². The molecule has 1 aliphatic carbocycles. The molecule has 2 aliphatic rings.